The van der Waals surface area contributed by atoms with Crippen molar-refractivity contribution in [1.29, 1.82) is 0 Å². The van der Waals surface area contributed by atoms with Gasteiger partial charge in [0.15, 0.2) is 0 Å². The van der Waals surface area contributed by atoms with Crippen molar-refractivity contribution in [2.75, 3.05) is 11.5 Å². The summed E-state index contributed by atoms with van der Waals surface area (Å²) in [5.74, 6) is -2.15. The molecule has 0 spiro atoms. The number of nitrogens with zero attached hydrogens (tertiary/aromatic N) is 1. The zero-order valence-corrected chi connectivity index (χ0v) is 21.4. The zero-order valence-electron chi connectivity index (χ0n) is 21.4. The quantitative estimate of drug-likeness (QED) is 0.179. The number of phenolic OH excluding ortho intramolecular Hbond substituents is 1. The second kappa shape index (κ2) is 11.2. The van der Waals surface area contributed by atoms with E-state index in [1.807, 2.05) is 6.92 Å². The van der Waals surface area contributed by atoms with E-state index in [9.17, 15) is 24.6 Å². The molecule has 8 heteroatoms. The first-order chi connectivity index (χ1) is 18.2. The number of carbonyl (C=O) groups is 3. The Kier molecular flexibility index (Phi) is 7.81. The van der Waals surface area contributed by atoms with E-state index in [0.717, 1.165) is 6.42 Å². The summed E-state index contributed by atoms with van der Waals surface area (Å²) < 4.78 is 11.0. The number of esters is 1. The van der Waals surface area contributed by atoms with Gasteiger partial charge in [0.2, 0.25) is 0 Å². The molecule has 38 heavy (non-hydrogen) atoms. The molecule has 1 amide bonds. The Morgan fingerprint density at radius 2 is 1.66 bits per heavy atom. The second-order valence-electron chi connectivity index (χ2n) is 9.14. The molecule has 1 fully saturated rings. The summed E-state index contributed by atoms with van der Waals surface area (Å²) in [6.45, 7) is 5.92. The van der Waals surface area contributed by atoms with Crippen molar-refractivity contribution in [3.05, 3.63) is 95.1 Å². The predicted molar refractivity (Wildman–Crippen MR) is 142 cm³/mol. The molecule has 8 nitrogen and oxygen atoms in total. The Bertz CT molecular complexity index is 1390. The van der Waals surface area contributed by atoms with Crippen molar-refractivity contribution >= 4 is 29.1 Å². The number of aliphatic hydroxyl groups is 1. The van der Waals surface area contributed by atoms with Crippen molar-refractivity contribution < 1.29 is 34.1 Å². The summed E-state index contributed by atoms with van der Waals surface area (Å²) in [7, 11) is 0. The van der Waals surface area contributed by atoms with Gasteiger partial charge in [0.1, 0.15) is 17.3 Å². The fraction of sp³-hybridized carbons (Fsp3) is 0.233. The number of ether oxygens (including phenoxy) is 2. The van der Waals surface area contributed by atoms with Crippen molar-refractivity contribution in [2.45, 2.75) is 39.3 Å². The molecule has 0 radical (unpaired) electrons. The van der Waals surface area contributed by atoms with Crippen LogP contribution in [0.1, 0.15) is 54.7 Å². The van der Waals surface area contributed by atoms with Crippen molar-refractivity contribution in [3.63, 3.8) is 0 Å². The molecule has 1 heterocycles. The SMILES string of the molecule is CCCOc1cccc(/C(O)=C2\C(=O)C(=O)N(c3cccc(C(=O)OC(C)C)c3)C2c2ccc(O)cc2)c1. The number of aromatic hydroxyl groups is 1. The van der Waals surface area contributed by atoms with E-state index in [2.05, 4.69) is 0 Å². The topological polar surface area (TPSA) is 113 Å². The average molecular weight is 516 g/mol. The lowest BCUT2D eigenvalue weighted by molar-refractivity contribution is -0.132. The molecular weight excluding hydrogens is 486 g/mol. The molecule has 1 unspecified atom stereocenters. The number of anilines is 1. The maximum Gasteiger partial charge on any atom is 0.338 e. The van der Waals surface area contributed by atoms with Crippen LogP contribution < -0.4 is 9.64 Å². The summed E-state index contributed by atoms with van der Waals surface area (Å²) in [5.41, 5.74) is 1.17. The largest absolute Gasteiger partial charge is 0.508 e. The maximum atomic E-state index is 13.4. The van der Waals surface area contributed by atoms with Gasteiger partial charge in [-0.3, -0.25) is 14.5 Å². The minimum atomic E-state index is -1.02. The Hall–Kier alpha value is -4.59. The number of phenols is 1. The zero-order chi connectivity index (χ0) is 27.4. The average Bonchev–Trinajstić information content (AvgIpc) is 3.17. The summed E-state index contributed by atoms with van der Waals surface area (Å²) in [5, 5.41) is 21.2. The first-order valence-corrected chi connectivity index (χ1v) is 12.4. The van der Waals surface area contributed by atoms with Crippen molar-refractivity contribution in [1.82, 2.24) is 0 Å². The summed E-state index contributed by atoms with van der Waals surface area (Å²) in [6.07, 6.45) is 0.459. The first kappa shape index (κ1) is 26.5. The van der Waals surface area contributed by atoms with Crippen LogP contribution in [0.15, 0.2) is 78.4 Å². The summed E-state index contributed by atoms with van der Waals surface area (Å²) in [6, 6.07) is 17.9. The van der Waals surface area contributed by atoms with Gasteiger partial charge in [-0.15, -0.1) is 0 Å². The van der Waals surface area contributed by atoms with Crippen LogP contribution in [0.2, 0.25) is 0 Å². The molecule has 1 aliphatic heterocycles. The summed E-state index contributed by atoms with van der Waals surface area (Å²) >= 11 is 0. The Morgan fingerprint density at radius 3 is 2.34 bits per heavy atom. The number of rotatable bonds is 8. The smallest absolute Gasteiger partial charge is 0.338 e. The van der Waals surface area contributed by atoms with E-state index in [4.69, 9.17) is 9.47 Å². The van der Waals surface area contributed by atoms with Gasteiger partial charge in [-0.2, -0.15) is 0 Å². The molecule has 0 saturated carbocycles. The van der Waals surface area contributed by atoms with E-state index in [-0.39, 0.29) is 34.4 Å². The minimum Gasteiger partial charge on any atom is -0.508 e. The van der Waals surface area contributed by atoms with Gasteiger partial charge < -0.3 is 19.7 Å². The molecule has 4 rings (SSSR count). The van der Waals surface area contributed by atoms with Crippen LogP contribution in [-0.4, -0.2) is 40.6 Å². The molecule has 0 bridgehead atoms. The molecule has 0 aromatic heterocycles. The molecule has 1 saturated heterocycles. The van der Waals surface area contributed by atoms with E-state index >= 15 is 0 Å². The van der Waals surface area contributed by atoms with Gasteiger partial charge in [-0.05, 0) is 68.3 Å². The van der Waals surface area contributed by atoms with Crippen LogP contribution in [-0.2, 0) is 14.3 Å². The molecule has 196 valence electrons. The van der Waals surface area contributed by atoms with Gasteiger partial charge >= 0.3 is 5.97 Å². The molecule has 1 atom stereocenters. The van der Waals surface area contributed by atoms with Crippen LogP contribution in [0.25, 0.3) is 5.76 Å². The molecule has 2 N–H and O–H groups in total. The number of carbonyl (C=O) groups excluding carboxylic acids is 3. The summed E-state index contributed by atoms with van der Waals surface area (Å²) in [4.78, 5) is 40.6. The number of ketones is 1. The van der Waals surface area contributed by atoms with Crippen molar-refractivity contribution in [3.8, 4) is 11.5 Å². The molecule has 1 aliphatic rings. The van der Waals surface area contributed by atoms with Gasteiger partial charge in [0.25, 0.3) is 11.7 Å². The lowest BCUT2D eigenvalue weighted by Crippen LogP contribution is -2.29. The van der Waals surface area contributed by atoms with Crippen molar-refractivity contribution in [2.24, 2.45) is 0 Å². The van der Waals surface area contributed by atoms with E-state index in [1.54, 1.807) is 68.4 Å². The number of Topliss-reactive ketones (excluding diaryl/α,β-unsaturated/α-hetero) is 1. The second-order valence-corrected chi connectivity index (χ2v) is 9.14. The molecule has 3 aromatic rings. The first-order valence-electron chi connectivity index (χ1n) is 12.4. The fourth-order valence-electron chi connectivity index (χ4n) is 4.24. The van der Waals surface area contributed by atoms with Gasteiger partial charge in [0.05, 0.1) is 29.9 Å². The van der Waals surface area contributed by atoms with Crippen LogP contribution in [0.5, 0.6) is 11.5 Å². The van der Waals surface area contributed by atoms with Crippen LogP contribution in [0.3, 0.4) is 0 Å². The lowest BCUT2D eigenvalue weighted by atomic mass is 9.95. The fourth-order valence-corrected chi connectivity index (χ4v) is 4.24. The van der Waals surface area contributed by atoms with E-state index in [1.165, 1.54) is 23.1 Å². The third-order valence-corrected chi connectivity index (χ3v) is 5.94. The number of benzene rings is 3. The number of hydrogen-bond acceptors (Lipinski definition) is 7. The Labute approximate surface area is 220 Å². The molecule has 0 aliphatic carbocycles. The molecular formula is C30H29NO7. The van der Waals surface area contributed by atoms with E-state index < -0.39 is 23.7 Å². The highest BCUT2D eigenvalue weighted by Gasteiger charge is 2.47. The van der Waals surface area contributed by atoms with Crippen LogP contribution in [0.4, 0.5) is 5.69 Å². The normalized spacial score (nSPS) is 16.6. The monoisotopic (exact) mass is 515 g/mol. The highest BCUT2D eigenvalue weighted by Crippen LogP contribution is 2.43. The highest BCUT2D eigenvalue weighted by molar-refractivity contribution is 6.51. The van der Waals surface area contributed by atoms with E-state index in [0.29, 0.717) is 23.5 Å². The van der Waals surface area contributed by atoms with Gasteiger partial charge in [-0.1, -0.05) is 37.3 Å². The van der Waals surface area contributed by atoms with Crippen LogP contribution in [0, 0.1) is 0 Å². The van der Waals surface area contributed by atoms with Gasteiger partial charge in [-0.25, -0.2) is 4.79 Å². The van der Waals surface area contributed by atoms with Gasteiger partial charge in [0, 0.05) is 11.3 Å². The Balaban J connectivity index is 1.86. The highest BCUT2D eigenvalue weighted by atomic mass is 16.5. The maximum absolute atomic E-state index is 13.4. The standard InChI is InChI=1S/C30H29NO7/c1-4-15-37-24-10-6-7-20(17-24)27(33)25-26(19-11-13-23(32)14-12-19)31(29(35)28(25)34)22-9-5-8-21(16-22)30(36)38-18(2)3/h5-14,16-18,26,32-33H,4,15H2,1-3H3/b27-25+. The third kappa shape index (κ3) is 5.39. The minimum absolute atomic E-state index is 0.00454. The molecule has 3 aromatic carbocycles. The third-order valence-electron chi connectivity index (χ3n) is 5.94. The van der Waals surface area contributed by atoms with Crippen LogP contribution >= 0.6 is 0 Å². The predicted octanol–water partition coefficient (Wildman–Crippen LogP) is 5.37. The lowest BCUT2D eigenvalue weighted by Gasteiger charge is -2.26. The Morgan fingerprint density at radius 1 is 0.974 bits per heavy atom. The number of hydrogen-bond donors (Lipinski definition) is 2. The number of aliphatic hydroxyl groups excluding tert-OH is 1. The number of amides is 1.